The minimum absolute atomic E-state index is 0.0707. The molecule has 2 heterocycles. The van der Waals surface area contributed by atoms with Gasteiger partial charge in [-0.3, -0.25) is 14.3 Å². The maximum absolute atomic E-state index is 12.7. The molecule has 1 aromatic carbocycles. The van der Waals surface area contributed by atoms with E-state index in [4.69, 9.17) is 11.7 Å². The molecule has 2 aliphatic carbocycles. The lowest BCUT2D eigenvalue weighted by atomic mass is 9.75. The van der Waals surface area contributed by atoms with Crippen LogP contribution in [0.3, 0.4) is 0 Å². The number of aromatic amines is 1. The molecule has 0 saturated heterocycles. The minimum atomic E-state index is -1.04. The first-order valence-electron chi connectivity index (χ1n) is 12.2. The van der Waals surface area contributed by atoms with Crippen molar-refractivity contribution in [3.05, 3.63) is 63.9 Å². The molecular formula is C26H29N5O4. The molecule has 2 fully saturated rings. The summed E-state index contributed by atoms with van der Waals surface area (Å²) in [7, 11) is 0. The van der Waals surface area contributed by atoms with Crippen molar-refractivity contribution >= 4 is 28.4 Å². The van der Waals surface area contributed by atoms with Gasteiger partial charge in [-0.25, -0.2) is 6.57 Å². The molecule has 0 spiro atoms. The Morgan fingerprint density at radius 1 is 1.14 bits per heavy atom. The molecule has 9 nitrogen and oxygen atoms in total. The van der Waals surface area contributed by atoms with Crippen LogP contribution in [-0.2, 0) is 10.4 Å². The number of aromatic nitrogens is 3. The normalized spacial score (nSPS) is 26.8. The Kier molecular flexibility index (Phi) is 6.07. The number of benzene rings is 1. The number of carbonyl (C=O) groups is 1. The van der Waals surface area contributed by atoms with E-state index in [-0.39, 0.29) is 17.6 Å². The van der Waals surface area contributed by atoms with E-state index in [0.29, 0.717) is 42.4 Å². The van der Waals surface area contributed by atoms with Gasteiger partial charge in [-0.15, -0.1) is 0 Å². The Balaban J connectivity index is 1.42. The lowest BCUT2D eigenvalue weighted by molar-refractivity contribution is -0.145. The summed E-state index contributed by atoms with van der Waals surface area (Å²) in [6.45, 7) is 7.62. The highest BCUT2D eigenvalue weighted by Gasteiger charge is 2.37. The zero-order valence-electron chi connectivity index (χ0n) is 19.4. The second-order valence-corrected chi connectivity index (χ2v) is 9.75. The van der Waals surface area contributed by atoms with E-state index in [1.54, 1.807) is 6.20 Å². The van der Waals surface area contributed by atoms with Gasteiger partial charge < -0.3 is 25.4 Å². The van der Waals surface area contributed by atoms with Crippen molar-refractivity contribution in [1.82, 2.24) is 14.8 Å². The largest absolute Gasteiger partial charge is 0.481 e. The molecular weight excluding hydrogens is 446 g/mol. The van der Waals surface area contributed by atoms with Gasteiger partial charge in [0.15, 0.2) is 5.82 Å². The first-order valence-corrected chi connectivity index (χ1v) is 12.2. The lowest BCUT2D eigenvalue weighted by Crippen LogP contribution is -2.33. The van der Waals surface area contributed by atoms with Crippen LogP contribution in [0.5, 0.6) is 0 Å². The number of aliphatic hydroxyl groups is 1. The molecule has 182 valence electrons. The maximum atomic E-state index is 12.7. The molecule has 3 aromatic rings. The van der Waals surface area contributed by atoms with E-state index < -0.39 is 17.5 Å². The summed E-state index contributed by atoms with van der Waals surface area (Å²) in [6.07, 6.45) is 7.07. The number of pyridine rings is 1. The van der Waals surface area contributed by atoms with Gasteiger partial charge in [0, 0.05) is 18.3 Å². The third-order valence-corrected chi connectivity index (χ3v) is 7.65. The highest BCUT2D eigenvalue weighted by Crippen LogP contribution is 2.40. The van der Waals surface area contributed by atoms with Crippen molar-refractivity contribution in [2.45, 2.75) is 69.1 Å². The Bertz CT molecular complexity index is 1330. The second kappa shape index (κ2) is 9.19. The van der Waals surface area contributed by atoms with E-state index in [1.165, 1.54) is 0 Å². The third-order valence-electron chi connectivity index (χ3n) is 7.65. The molecule has 2 aromatic heterocycles. The summed E-state index contributed by atoms with van der Waals surface area (Å²) >= 11 is 0. The van der Waals surface area contributed by atoms with Crippen molar-refractivity contribution < 1.29 is 15.0 Å². The van der Waals surface area contributed by atoms with Crippen LogP contribution >= 0.6 is 0 Å². The van der Waals surface area contributed by atoms with Gasteiger partial charge in [0.05, 0.1) is 17.0 Å². The summed E-state index contributed by atoms with van der Waals surface area (Å²) in [5.41, 5.74) is 0.899. The van der Waals surface area contributed by atoms with E-state index in [2.05, 4.69) is 15.1 Å². The molecule has 0 aliphatic heterocycles. The van der Waals surface area contributed by atoms with Crippen LogP contribution in [0.25, 0.3) is 15.7 Å². The van der Waals surface area contributed by atoms with E-state index in [1.807, 2.05) is 35.0 Å². The quantitative estimate of drug-likeness (QED) is 0.407. The lowest BCUT2D eigenvalue weighted by Gasteiger charge is -2.35. The predicted octanol–water partition coefficient (Wildman–Crippen LogP) is 4.33. The number of nitrogens with zero attached hydrogens (tertiary/aromatic N) is 3. The zero-order chi connectivity index (χ0) is 24.6. The Morgan fingerprint density at radius 2 is 1.86 bits per heavy atom. The number of hydrogen-bond donors (Lipinski definition) is 4. The number of nitrogens with one attached hydrogen (secondary N) is 2. The molecule has 2 atom stereocenters. The molecule has 4 N–H and O–H groups in total. The van der Waals surface area contributed by atoms with Crippen LogP contribution in [0, 0.1) is 12.5 Å². The Hall–Kier alpha value is -3.64. The third kappa shape index (κ3) is 4.30. The number of rotatable bonds is 5. The summed E-state index contributed by atoms with van der Waals surface area (Å²) in [5.74, 6) is -0.766. The number of fused-ring (bicyclic) bond motifs is 1. The summed E-state index contributed by atoms with van der Waals surface area (Å²) in [6, 6.07) is 8.94. The number of anilines is 2. The minimum Gasteiger partial charge on any atom is -0.481 e. The van der Waals surface area contributed by atoms with E-state index in [0.717, 1.165) is 36.9 Å². The van der Waals surface area contributed by atoms with Gasteiger partial charge in [0.25, 0.3) is 5.56 Å². The van der Waals surface area contributed by atoms with Gasteiger partial charge >= 0.3 is 5.97 Å². The van der Waals surface area contributed by atoms with Crippen molar-refractivity contribution in [2.24, 2.45) is 5.92 Å². The Labute approximate surface area is 202 Å². The molecule has 35 heavy (non-hydrogen) atoms. The van der Waals surface area contributed by atoms with Gasteiger partial charge in [-0.1, -0.05) is 18.6 Å². The van der Waals surface area contributed by atoms with Crippen molar-refractivity contribution in [2.75, 3.05) is 5.32 Å². The van der Waals surface area contributed by atoms with Crippen LogP contribution in [0.1, 0.15) is 63.0 Å². The Morgan fingerprint density at radius 3 is 2.54 bits per heavy atom. The van der Waals surface area contributed by atoms with Crippen LogP contribution in [0.4, 0.5) is 11.5 Å². The first-order chi connectivity index (χ1) is 16.9. The molecule has 0 unspecified atom stereocenters. The molecule has 5 rings (SSSR count). The van der Waals surface area contributed by atoms with Gasteiger partial charge in [0.1, 0.15) is 11.4 Å². The smallest absolute Gasteiger partial charge is 0.306 e. The number of H-pyrrole nitrogens is 1. The fraction of sp³-hybridized carbons (Fsp3) is 0.462. The molecule has 0 bridgehead atoms. The van der Waals surface area contributed by atoms with Crippen molar-refractivity contribution in [3.8, 4) is 0 Å². The van der Waals surface area contributed by atoms with Crippen molar-refractivity contribution in [1.29, 1.82) is 0 Å². The number of hydrogen-bond acceptors (Lipinski definition) is 5. The first kappa shape index (κ1) is 23.1. The molecule has 0 radical (unpaired) electrons. The zero-order valence-corrected chi connectivity index (χ0v) is 19.4. The average molecular weight is 476 g/mol. The molecule has 2 aliphatic rings. The number of carboxylic acids is 1. The summed E-state index contributed by atoms with van der Waals surface area (Å²) < 4.78 is 1.84. The highest BCUT2D eigenvalue weighted by molar-refractivity contribution is 5.91. The summed E-state index contributed by atoms with van der Waals surface area (Å²) in [4.78, 5) is 30.5. The van der Waals surface area contributed by atoms with Crippen molar-refractivity contribution in [3.63, 3.8) is 0 Å². The standard InChI is InChI=1S/C26H29N5O4/c1-27-19-4-2-3-5-20(19)31-21-12-15-28-24(32)22(21)23(30-31)29-18-8-6-17(7-9-18)26(35)13-10-16(11-14-26)25(33)34/h6-9,12,15-16,19-20,35H,2-5,10-11,13-14H2,(H,28,32)(H,29,30)(H,33,34)/t16?,19-,20-,26?/m0/s1. The second-order valence-electron chi connectivity index (χ2n) is 9.75. The highest BCUT2D eigenvalue weighted by atomic mass is 16.4. The van der Waals surface area contributed by atoms with E-state index >= 15 is 0 Å². The fourth-order valence-corrected chi connectivity index (χ4v) is 5.60. The topological polar surface area (TPSA) is 125 Å². The molecule has 2 saturated carbocycles. The number of carboxylic acid groups (broad SMARTS) is 1. The van der Waals surface area contributed by atoms with Crippen LogP contribution < -0.4 is 10.9 Å². The SMILES string of the molecule is [C-]#[N+][C@H]1CCCC[C@@H]1n1nc(Nc2ccc(C3(O)CCC(C(=O)O)CC3)cc2)c2c(=O)[nH]ccc21. The van der Waals surface area contributed by atoms with Gasteiger partial charge in [-0.2, -0.15) is 5.10 Å². The van der Waals surface area contributed by atoms with Crippen LogP contribution in [0.2, 0.25) is 0 Å². The average Bonchev–Trinajstić information content (AvgIpc) is 3.24. The predicted molar refractivity (Wildman–Crippen MR) is 131 cm³/mol. The monoisotopic (exact) mass is 475 g/mol. The molecule has 0 amide bonds. The maximum Gasteiger partial charge on any atom is 0.306 e. The molecule has 9 heteroatoms. The van der Waals surface area contributed by atoms with Crippen LogP contribution in [0.15, 0.2) is 41.3 Å². The van der Waals surface area contributed by atoms with Gasteiger partial charge in [-0.05, 0) is 62.3 Å². The summed E-state index contributed by atoms with van der Waals surface area (Å²) in [5, 5.41) is 28.8. The van der Waals surface area contributed by atoms with Gasteiger partial charge in [0.2, 0.25) is 6.04 Å². The fourth-order valence-electron chi connectivity index (χ4n) is 5.60. The van der Waals surface area contributed by atoms with E-state index in [9.17, 15) is 19.8 Å². The van der Waals surface area contributed by atoms with Crippen LogP contribution in [-0.4, -0.2) is 37.0 Å². The number of aliphatic carboxylic acids is 1.